The van der Waals surface area contributed by atoms with Crippen LogP contribution in [0.5, 0.6) is 0 Å². The number of carbonyl (C=O) groups excluding carboxylic acids is 1. The summed E-state index contributed by atoms with van der Waals surface area (Å²) in [5.74, 6) is -0.171. The number of nitrogens with one attached hydrogen (secondary N) is 1. The number of fused-ring (bicyclic) bond motifs is 3. The van der Waals surface area contributed by atoms with E-state index in [4.69, 9.17) is 4.84 Å². The molecule has 1 aliphatic carbocycles. The van der Waals surface area contributed by atoms with Gasteiger partial charge < -0.3 is 14.7 Å². The molecule has 0 bridgehead atoms. The number of nitrogens with zero attached hydrogens (tertiary/aromatic N) is 2. The molecule has 0 fully saturated rings. The van der Waals surface area contributed by atoms with Crippen LogP contribution in [0.1, 0.15) is 42.7 Å². The van der Waals surface area contributed by atoms with Crippen molar-refractivity contribution in [2.24, 2.45) is 11.1 Å². The second-order valence-corrected chi connectivity index (χ2v) is 8.44. The number of hydrogen-bond acceptors (Lipinski definition) is 3. The van der Waals surface area contributed by atoms with Gasteiger partial charge in [-0.2, -0.15) is 0 Å². The van der Waals surface area contributed by atoms with Gasteiger partial charge in [0.05, 0.1) is 6.21 Å². The molecule has 0 spiro atoms. The monoisotopic (exact) mass is 421 g/mol. The Balaban J connectivity index is 1.76. The average molecular weight is 422 g/mol. The van der Waals surface area contributed by atoms with Crippen molar-refractivity contribution in [3.63, 3.8) is 0 Å². The molecule has 1 aromatic heterocycles. The Morgan fingerprint density at radius 3 is 2.90 bits per heavy atom. The van der Waals surface area contributed by atoms with Crippen LogP contribution in [0.3, 0.4) is 0 Å². The van der Waals surface area contributed by atoms with Gasteiger partial charge in [0, 0.05) is 35.1 Å². The Morgan fingerprint density at radius 2 is 2.16 bits per heavy atom. The third-order valence-electron chi connectivity index (χ3n) is 5.90. The molecular weight excluding hydrogens is 393 g/mol. The van der Waals surface area contributed by atoms with Crippen LogP contribution in [0.4, 0.5) is 4.39 Å². The first-order valence-electron chi connectivity index (χ1n) is 10.7. The second-order valence-electron chi connectivity index (χ2n) is 8.44. The predicted molar refractivity (Wildman–Crippen MR) is 121 cm³/mol. The molecule has 1 heterocycles. The lowest BCUT2D eigenvalue weighted by molar-refractivity contribution is -0.124. The summed E-state index contributed by atoms with van der Waals surface area (Å²) in [4.78, 5) is 17.1. The molecule has 0 radical (unpaired) electrons. The topological polar surface area (TPSA) is 55.6 Å². The van der Waals surface area contributed by atoms with Crippen LogP contribution in [-0.4, -0.2) is 29.8 Å². The Morgan fingerprint density at radius 1 is 1.32 bits per heavy atom. The highest BCUT2D eigenvalue weighted by Crippen LogP contribution is 2.33. The fraction of sp³-hybridized carbons (Fsp3) is 0.360. The van der Waals surface area contributed by atoms with E-state index in [1.807, 2.05) is 26.0 Å². The van der Waals surface area contributed by atoms with Crippen LogP contribution < -0.4 is 5.32 Å². The van der Waals surface area contributed by atoms with E-state index in [0.717, 1.165) is 41.3 Å². The number of amides is 1. The van der Waals surface area contributed by atoms with Crippen molar-refractivity contribution >= 4 is 23.0 Å². The number of oxime groups is 1. The second kappa shape index (κ2) is 8.92. The number of aromatic nitrogens is 1. The summed E-state index contributed by atoms with van der Waals surface area (Å²) in [6.45, 7) is 4.43. The lowest BCUT2D eigenvalue weighted by atomic mass is 9.90. The van der Waals surface area contributed by atoms with Gasteiger partial charge in [0.15, 0.2) is 0 Å². The molecule has 4 rings (SSSR count). The third-order valence-corrected chi connectivity index (χ3v) is 5.90. The molecule has 1 atom stereocenters. The molecule has 1 aliphatic rings. The molecule has 1 N–H and O–H groups in total. The van der Waals surface area contributed by atoms with Crippen LogP contribution in [0.15, 0.2) is 47.6 Å². The molecule has 6 heteroatoms. The first kappa shape index (κ1) is 21.1. The predicted octanol–water partition coefficient (Wildman–Crippen LogP) is 4.44. The van der Waals surface area contributed by atoms with Gasteiger partial charge in [-0.3, -0.25) is 4.79 Å². The summed E-state index contributed by atoms with van der Waals surface area (Å²) in [5.41, 5.74) is 5.50. The minimum absolute atomic E-state index is 0.0347. The third kappa shape index (κ3) is 4.48. The van der Waals surface area contributed by atoms with Crippen LogP contribution in [0.2, 0.25) is 0 Å². The summed E-state index contributed by atoms with van der Waals surface area (Å²) in [6, 6.07) is 13.1. The normalized spacial score (nSPS) is 16.1. The van der Waals surface area contributed by atoms with E-state index in [1.54, 1.807) is 18.3 Å². The Kier molecular flexibility index (Phi) is 6.07. The van der Waals surface area contributed by atoms with Gasteiger partial charge in [0.1, 0.15) is 12.9 Å². The van der Waals surface area contributed by atoms with Crippen molar-refractivity contribution in [3.8, 4) is 0 Å². The fourth-order valence-corrected chi connectivity index (χ4v) is 4.35. The minimum Gasteiger partial charge on any atom is -0.399 e. The SMILES string of the molecule is CON=Cc1ccc2c(c1)c1c(n2Cc2cccc(F)c2)CC[C@@H](NC(=O)C(C)C)C1. The summed E-state index contributed by atoms with van der Waals surface area (Å²) in [7, 11) is 1.52. The molecular formula is C25H28FN3O2. The van der Waals surface area contributed by atoms with E-state index in [9.17, 15) is 9.18 Å². The summed E-state index contributed by atoms with van der Waals surface area (Å²) in [5, 5.41) is 8.23. The van der Waals surface area contributed by atoms with Crippen LogP contribution in [0, 0.1) is 11.7 Å². The molecule has 5 nitrogen and oxygen atoms in total. The standard InChI is InChI=1S/C25H28FN3O2/c1-16(2)25(30)28-20-8-10-24-22(13-20)21-12-17(14-27-31-3)7-9-23(21)29(24)15-18-5-4-6-19(26)11-18/h4-7,9,11-12,14,16,20H,8,10,13,15H2,1-3H3,(H,28,30)/t20-/m1/s1. The Labute approximate surface area is 181 Å². The fourth-order valence-electron chi connectivity index (χ4n) is 4.35. The van der Waals surface area contributed by atoms with Gasteiger partial charge in [0.2, 0.25) is 5.91 Å². The van der Waals surface area contributed by atoms with Gasteiger partial charge in [-0.25, -0.2) is 4.39 Å². The summed E-state index contributed by atoms with van der Waals surface area (Å²) in [6.07, 6.45) is 4.23. The molecule has 2 aromatic carbocycles. The van der Waals surface area contributed by atoms with E-state index in [-0.39, 0.29) is 23.7 Å². The molecule has 0 unspecified atom stereocenters. The highest BCUT2D eigenvalue weighted by atomic mass is 19.1. The average Bonchev–Trinajstić information content (AvgIpc) is 3.04. The van der Waals surface area contributed by atoms with E-state index < -0.39 is 0 Å². The number of hydrogen-bond donors (Lipinski definition) is 1. The largest absolute Gasteiger partial charge is 0.399 e. The van der Waals surface area contributed by atoms with Crippen LogP contribution in [0.25, 0.3) is 10.9 Å². The van der Waals surface area contributed by atoms with Crippen molar-refractivity contribution in [1.29, 1.82) is 0 Å². The summed E-state index contributed by atoms with van der Waals surface area (Å²) < 4.78 is 16.1. The van der Waals surface area contributed by atoms with E-state index >= 15 is 0 Å². The number of carbonyl (C=O) groups is 1. The minimum atomic E-state index is -0.225. The molecule has 0 saturated carbocycles. The maximum Gasteiger partial charge on any atom is 0.222 e. The zero-order valence-electron chi connectivity index (χ0n) is 18.2. The molecule has 1 amide bonds. The van der Waals surface area contributed by atoms with Crippen molar-refractivity contribution in [1.82, 2.24) is 9.88 Å². The number of rotatable bonds is 6. The smallest absolute Gasteiger partial charge is 0.222 e. The van der Waals surface area contributed by atoms with E-state index in [1.165, 1.54) is 24.4 Å². The van der Waals surface area contributed by atoms with Crippen molar-refractivity contribution < 1.29 is 14.0 Å². The maximum absolute atomic E-state index is 13.8. The molecule has 162 valence electrons. The highest BCUT2D eigenvalue weighted by molar-refractivity contribution is 5.92. The zero-order chi connectivity index (χ0) is 22.0. The van der Waals surface area contributed by atoms with Crippen molar-refractivity contribution in [2.75, 3.05) is 7.11 Å². The number of halogens is 1. The highest BCUT2D eigenvalue weighted by Gasteiger charge is 2.27. The lowest BCUT2D eigenvalue weighted by Gasteiger charge is -2.26. The van der Waals surface area contributed by atoms with Gasteiger partial charge in [-0.1, -0.05) is 37.2 Å². The Hall–Kier alpha value is -3.15. The molecule has 0 saturated heterocycles. The molecule has 3 aromatic rings. The molecule has 0 aliphatic heterocycles. The van der Waals surface area contributed by atoms with E-state index in [0.29, 0.717) is 6.54 Å². The van der Waals surface area contributed by atoms with Gasteiger partial charge >= 0.3 is 0 Å². The first-order valence-corrected chi connectivity index (χ1v) is 10.7. The quantitative estimate of drug-likeness (QED) is 0.473. The van der Waals surface area contributed by atoms with Gasteiger partial charge in [-0.15, -0.1) is 0 Å². The zero-order valence-corrected chi connectivity index (χ0v) is 18.2. The Bertz CT molecular complexity index is 1130. The maximum atomic E-state index is 13.8. The van der Waals surface area contributed by atoms with Gasteiger partial charge in [0.25, 0.3) is 0 Å². The van der Waals surface area contributed by atoms with Crippen molar-refractivity contribution in [2.45, 2.75) is 45.7 Å². The lowest BCUT2D eigenvalue weighted by Crippen LogP contribution is -2.41. The summed E-state index contributed by atoms with van der Waals surface area (Å²) >= 11 is 0. The first-order chi connectivity index (χ1) is 15.0. The van der Waals surface area contributed by atoms with E-state index in [2.05, 4.69) is 27.2 Å². The van der Waals surface area contributed by atoms with Crippen LogP contribution in [-0.2, 0) is 29.0 Å². The van der Waals surface area contributed by atoms with Gasteiger partial charge in [-0.05, 0) is 60.2 Å². The molecule has 31 heavy (non-hydrogen) atoms. The number of benzene rings is 2. The van der Waals surface area contributed by atoms with Crippen LogP contribution >= 0.6 is 0 Å². The van der Waals surface area contributed by atoms with Crippen molar-refractivity contribution in [3.05, 3.63) is 70.7 Å².